The number of anilines is 1. The molecule has 1 aromatic carbocycles. The highest BCUT2D eigenvalue weighted by Gasteiger charge is 2.23. The number of rotatable bonds is 4. The third kappa shape index (κ3) is 3.41. The van der Waals surface area contributed by atoms with Gasteiger partial charge in [0, 0.05) is 26.2 Å². The molecule has 0 radical (unpaired) electrons. The van der Waals surface area contributed by atoms with Crippen molar-refractivity contribution in [2.45, 2.75) is 39.0 Å². The fourth-order valence-electron chi connectivity index (χ4n) is 3.79. The number of aryl methyl sites for hydroxylation is 1. The summed E-state index contributed by atoms with van der Waals surface area (Å²) in [6.07, 6.45) is 8.37. The van der Waals surface area contributed by atoms with Crippen LogP contribution in [0.15, 0.2) is 35.4 Å². The van der Waals surface area contributed by atoms with Gasteiger partial charge in [0.05, 0.1) is 23.2 Å². The highest BCUT2D eigenvalue weighted by Crippen LogP contribution is 2.29. The van der Waals surface area contributed by atoms with Crippen LogP contribution in [0.2, 0.25) is 0 Å². The first-order valence-corrected chi connectivity index (χ1v) is 9.52. The van der Waals surface area contributed by atoms with E-state index in [2.05, 4.69) is 45.8 Å². The molecule has 0 N–H and O–H groups in total. The summed E-state index contributed by atoms with van der Waals surface area (Å²) < 4.78 is 2.10. The molecule has 5 nitrogen and oxygen atoms in total. The van der Waals surface area contributed by atoms with Gasteiger partial charge in [0.2, 0.25) is 0 Å². The molecule has 4 rings (SSSR count). The van der Waals surface area contributed by atoms with Gasteiger partial charge in [-0.15, -0.1) is 0 Å². The number of hydrogen-bond donors (Lipinski definition) is 0. The van der Waals surface area contributed by atoms with E-state index in [4.69, 9.17) is 10.2 Å². The van der Waals surface area contributed by atoms with E-state index in [1.807, 2.05) is 12.3 Å². The summed E-state index contributed by atoms with van der Waals surface area (Å²) in [7, 11) is 0. The van der Waals surface area contributed by atoms with Crippen LogP contribution < -0.4 is 4.90 Å². The van der Waals surface area contributed by atoms with E-state index >= 15 is 0 Å². The standard InChI is InChI=1S/C20H27N5/c1-17-19(16-21-24-14-6-3-7-15-24)20(23-12-8-9-13-23)25(22-17)18-10-4-2-5-11-18/h2,4-5,10-11,16H,3,6-9,12-15H2,1H3. The summed E-state index contributed by atoms with van der Waals surface area (Å²) >= 11 is 0. The summed E-state index contributed by atoms with van der Waals surface area (Å²) in [6.45, 7) is 6.43. The molecule has 3 heterocycles. The quantitative estimate of drug-likeness (QED) is 0.800. The zero-order valence-electron chi connectivity index (χ0n) is 15.1. The number of hydrogen-bond acceptors (Lipinski definition) is 4. The van der Waals surface area contributed by atoms with Crippen LogP contribution >= 0.6 is 0 Å². The average molecular weight is 337 g/mol. The predicted molar refractivity (Wildman–Crippen MR) is 103 cm³/mol. The lowest BCUT2D eigenvalue weighted by Gasteiger charge is -2.24. The van der Waals surface area contributed by atoms with Crippen molar-refractivity contribution in [3.8, 4) is 5.69 Å². The second kappa shape index (κ2) is 7.30. The smallest absolute Gasteiger partial charge is 0.141 e. The second-order valence-electron chi connectivity index (χ2n) is 7.02. The maximum Gasteiger partial charge on any atom is 0.141 e. The summed E-state index contributed by atoms with van der Waals surface area (Å²) in [6, 6.07) is 10.4. The minimum absolute atomic E-state index is 1.05. The van der Waals surface area contributed by atoms with E-state index in [0.717, 1.165) is 43.1 Å². The molecule has 0 amide bonds. The Kier molecular flexibility index (Phi) is 4.72. The lowest BCUT2D eigenvalue weighted by Crippen LogP contribution is -2.25. The van der Waals surface area contributed by atoms with E-state index in [9.17, 15) is 0 Å². The Bertz CT molecular complexity index is 722. The van der Waals surface area contributed by atoms with Gasteiger partial charge in [0.1, 0.15) is 5.82 Å². The first kappa shape index (κ1) is 16.2. The topological polar surface area (TPSA) is 36.7 Å². The van der Waals surface area contributed by atoms with Crippen LogP contribution in [-0.4, -0.2) is 47.2 Å². The highest BCUT2D eigenvalue weighted by atomic mass is 15.4. The van der Waals surface area contributed by atoms with Gasteiger partial charge >= 0.3 is 0 Å². The molecular formula is C20H27N5. The van der Waals surface area contributed by atoms with E-state index in [1.165, 1.54) is 37.9 Å². The maximum atomic E-state index is 4.85. The van der Waals surface area contributed by atoms with E-state index in [1.54, 1.807) is 0 Å². The summed E-state index contributed by atoms with van der Waals surface area (Å²) in [4.78, 5) is 2.46. The van der Waals surface area contributed by atoms with Gasteiger partial charge in [-0.05, 0) is 51.2 Å². The molecule has 0 spiro atoms. The van der Waals surface area contributed by atoms with Gasteiger partial charge < -0.3 is 4.90 Å². The molecule has 2 aliphatic heterocycles. The zero-order valence-corrected chi connectivity index (χ0v) is 15.1. The summed E-state index contributed by atoms with van der Waals surface area (Å²) in [5.41, 5.74) is 3.33. The molecule has 0 bridgehead atoms. The lowest BCUT2D eigenvalue weighted by molar-refractivity contribution is 0.240. The van der Waals surface area contributed by atoms with Crippen LogP contribution in [-0.2, 0) is 0 Å². The van der Waals surface area contributed by atoms with E-state index in [0.29, 0.717) is 0 Å². The van der Waals surface area contributed by atoms with Crippen molar-refractivity contribution in [1.82, 2.24) is 14.8 Å². The van der Waals surface area contributed by atoms with Crippen molar-refractivity contribution in [3.63, 3.8) is 0 Å². The summed E-state index contributed by atoms with van der Waals surface area (Å²) in [5.74, 6) is 1.20. The molecule has 2 aliphatic rings. The second-order valence-corrected chi connectivity index (χ2v) is 7.02. The maximum absolute atomic E-state index is 4.85. The van der Waals surface area contributed by atoms with Crippen molar-refractivity contribution in [3.05, 3.63) is 41.6 Å². The van der Waals surface area contributed by atoms with Crippen LogP contribution in [0.5, 0.6) is 0 Å². The van der Waals surface area contributed by atoms with Gasteiger partial charge in [0.25, 0.3) is 0 Å². The van der Waals surface area contributed by atoms with Crippen molar-refractivity contribution < 1.29 is 0 Å². The number of benzene rings is 1. The minimum atomic E-state index is 1.05. The Hall–Kier alpha value is -2.30. The Labute approximate surface area is 149 Å². The Morgan fingerprint density at radius 2 is 1.60 bits per heavy atom. The van der Waals surface area contributed by atoms with Gasteiger partial charge in [-0.25, -0.2) is 4.68 Å². The van der Waals surface area contributed by atoms with Crippen LogP contribution in [0.4, 0.5) is 5.82 Å². The predicted octanol–water partition coefficient (Wildman–Crippen LogP) is 3.60. The molecule has 2 saturated heterocycles. The average Bonchev–Trinajstić information content (AvgIpc) is 3.29. The van der Waals surface area contributed by atoms with Gasteiger partial charge in [-0.3, -0.25) is 5.01 Å². The van der Waals surface area contributed by atoms with Crippen LogP contribution in [0.3, 0.4) is 0 Å². The fourth-order valence-corrected chi connectivity index (χ4v) is 3.79. The van der Waals surface area contributed by atoms with E-state index < -0.39 is 0 Å². The largest absolute Gasteiger partial charge is 0.356 e. The molecule has 0 atom stereocenters. The molecular weight excluding hydrogens is 310 g/mol. The fraction of sp³-hybridized carbons (Fsp3) is 0.500. The zero-order chi connectivity index (χ0) is 17.1. The van der Waals surface area contributed by atoms with Crippen LogP contribution in [0.25, 0.3) is 5.69 Å². The molecule has 2 fully saturated rings. The highest BCUT2D eigenvalue weighted by molar-refractivity contribution is 5.89. The van der Waals surface area contributed by atoms with E-state index in [-0.39, 0.29) is 0 Å². The number of aromatic nitrogens is 2. The molecule has 2 aromatic rings. The third-order valence-corrected chi connectivity index (χ3v) is 5.17. The Balaban J connectivity index is 1.72. The van der Waals surface area contributed by atoms with Crippen molar-refractivity contribution >= 4 is 12.0 Å². The van der Waals surface area contributed by atoms with Crippen LogP contribution in [0.1, 0.15) is 43.4 Å². The Morgan fingerprint density at radius 1 is 0.920 bits per heavy atom. The minimum Gasteiger partial charge on any atom is -0.356 e. The molecule has 5 heteroatoms. The number of piperidine rings is 1. The number of nitrogens with zero attached hydrogens (tertiary/aromatic N) is 5. The summed E-state index contributed by atoms with van der Waals surface area (Å²) in [5, 5.41) is 11.8. The van der Waals surface area contributed by atoms with Gasteiger partial charge in [-0.1, -0.05) is 18.2 Å². The Morgan fingerprint density at radius 3 is 2.32 bits per heavy atom. The SMILES string of the molecule is Cc1nn(-c2ccccc2)c(N2CCCC2)c1C=NN1CCCCC1. The van der Waals surface area contributed by atoms with Gasteiger partial charge in [-0.2, -0.15) is 10.2 Å². The van der Waals surface area contributed by atoms with Crippen LogP contribution in [0, 0.1) is 6.92 Å². The normalized spacial score (nSPS) is 18.4. The van der Waals surface area contributed by atoms with Crippen molar-refractivity contribution in [1.29, 1.82) is 0 Å². The van der Waals surface area contributed by atoms with Crippen molar-refractivity contribution in [2.75, 3.05) is 31.1 Å². The molecule has 132 valence electrons. The van der Waals surface area contributed by atoms with Gasteiger partial charge in [0.15, 0.2) is 0 Å². The molecule has 1 aromatic heterocycles. The first-order valence-electron chi connectivity index (χ1n) is 9.52. The molecule has 25 heavy (non-hydrogen) atoms. The number of hydrazone groups is 1. The molecule has 0 aliphatic carbocycles. The molecule has 0 unspecified atom stereocenters. The van der Waals surface area contributed by atoms with Crippen molar-refractivity contribution in [2.24, 2.45) is 5.10 Å². The monoisotopic (exact) mass is 337 g/mol. The first-order chi connectivity index (χ1) is 12.3. The number of para-hydroxylation sites is 1. The lowest BCUT2D eigenvalue weighted by atomic mass is 10.2. The third-order valence-electron chi connectivity index (χ3n) is 5.17. The molecule has 0 saturated carbocycles.